The number of nitrogens with two attached hydrogens (primary N) is 1. The van der Waals surface area contributed by atoms with Crippen molar-refractivity contribution >= 4 is 17.7 Å². The van der Waals surface area contributed by atoms with Gasteiger partial charge >= 0.3 is 0 Å². The maximum Gasteiger partial charge on any atom is 0.242 e. The summed E-state index contributed by atoms with van der Waals surface area (Å²) >= 11 is 0. The van der Waals surface area contributed by atoms with Gasteiger partial charge in [0.1, 0.15) is 0 Å². The van der Waals surface area contributed by atoms with Crippen LogP contribution in [0, 0.1) is 11.8 Å². The molecule has 0 aromatic carbocycles. The van der Waals surface area contributed by atoms with E-state index >= 15 is 0 Å². The van der Waals surface area contributed by atoms with Gasteiger partial charge in [-0.05, 0) is 18.3 Å². The molecular formula is C19H34N4O3. The minimum Gasteiger partial charge on any atom is -0.346 e. The van der Waals surface area contributed by atoms with E-state index in [2.05, 4.69) is 5.32 Å². The predicted molar refractivity (Wildman–Crippen MR) is 100 cm³/mol. The van der Waals surface area contributed by atoms with Crippen LogP contribution in [-0.4, -0.2) is 66.3 Å². The first kappa shape index (κ1) is 20.7. The van der Waals surface area contributed by atoms with Gasteiger partial charge in [-0.1, -0.05) is 39.5 Å². The van der Waals surface area contributed by atoms with E-state index in [-0.39, 0.29) is 30.2 Å². The molecule has 1 aliphatic carbocycles. The summed E-state index contributed by atoms with van der Waals surface area (Å²) < 4.78 is 0. The van der Waals surface area contributed by atoms with Gasteiger partial charge in [-0.3, -0.25) is 14.4 Å². The molecule has 0 spiro atoms. The number of hydrogen-bond acceptors (Lipinski definition) is 4. The topological polar surface area (TPSA) is 95.7 Å². The molecule has 0 bridgehead atoms. The van der Waals surface area contributed by atoms with Crippen molar-refractivity contribution in [2.45, 2.75) is 58.4 Å². The molecular weight excluding hydrogens is 332 g/mol. The van der Waals surface area contributed by atoms with Crippen molar-refractivity contribution in [3.05, 3.63) is 0 Å². The maximum atomic E-state index is 12.3. The SMILES string of the molecule is CC(C)[C@H](N)C(=O)NCC(=O)N1CCN(C(=O)CCC2CCCC2)CC1. The number of nitrogens with one attached hydrogen (secondary N) is 1. The fraction of sp³-hybridized carbons (Fsp3) is 0.842. The molecule has 1 saturated heterocycles. The molecule has 2 rings (SSSR count). The number of carbonyl (C=O) groups is 3. The van der Waals surface area contributed by atoms with Gasteiger partial charge in [-0.2, -0.15) is 0 Å². The molecule has 0 aromatic heterocycles. The van der Waals surface area contributed by atoms with Crippen LogP contribution in [0.1, 0.15) is 52.4 Å². The standard InChI is InChI=1S/C19H34N4O3/c1-14(2)18(20)19(26)21-13-17(25)23-11-9-22(10-12-23)16(24)8-7-15-5-3-4-6-15/h14-15,18H,3-13,20H2,1-2H3,(H,21,26)/t18-/m0/s1. The molecule has 2 fully saturated rings. The summed E-state index contributed by atoms with van der Waals surface area (Å²) in [5, 5.41) is 2.61. The Morgan fingerprint density at radius 2 is 1.54 bits per heavy atom. The second kappa shape index (κ2) is 9.90. The van der Waals surface area contributed by atoms with Crippen LogP contribution in [0.5, 0.6) is 0 Å². The molecule has 26 heavy (non-hydrogen) atoms. The van der Waals surface area contributed by atoms with Crippen molar-refractivity contribution < 1.29 is 14.4 Å². The average Bonchev–Trinajstić information content (AvgIpc) is 3.16. The van der Waals surface area contributed by atoms with E-state index in [0.29, 0.717) is 32.6 Å². The van der Waals surface area contributed by atoms with E-state index in [1.54, 1.807) is 4.90 Å². The van der Waals surface area contributed by atoms with Gasteiger partial charge in [0.05, 0.1) is 12.6 Å². The van der Waals surface area contributed by atoms with Gasteiger partial charge in [-0.15, -0.1) is 0 Å². The van der Waals surface area contributed by atoms with Gasteiger partial charge in [0.25, 0.3) is 0 Å². The van der Waals surface area contributed by atoms with Crippen LogP contribution in [0.25, 0.3) is 0 Å². The fourth-order valence-electron chi connectivity index (χ4n) is 3.69. The fourth-order valence-corrected chi connectivity index (χ4v) is 3.69. The molecule has 0 aromatic rings. The third-order valence-corrected chi connectivity index (χ3v) is 5.66. The van der Waals surface area contributed by atoms with Crippen molar-refractivity contribution in [3.8, 4) is 0 Å². The molecule has 0 unspecified atom stereocenters. The number of hydrogen-bond donors (Lipinski definition) is 2. The van der Waals surface area contributed by atoms with Crippen LogP contribution < -0.4 is 11.1 Å². The first-order valence-electron chi connectivity index (χ1n) is 9.97. The average molecular weight is 367 g/mol. The van der Waals surface area contributed by atoms with Gasteiger partial charge in [-0.25, -0.2) is 0 Å². The zero-order valence-electron chi connectivity index (χ0n) is 16.2. The molecule has 3 N–H and O–H groups in total. The lowest BCUT2D eigenvalue weighted by molar-refractivity contribution is -0.139. The summed E-state index contributed by atoms with van der Waals surface area (Å²) in [6.45, 7) is 5.92. The molecule has 1 saturated carbocycles. The summed E-state index contributed by atoms with van der Waals surface area (Å²) in [4.78, 5) is 40.0. The number of nitrogens with zero attached hydrogens (tertiary/aromatic N) is 2. The van der Waals surface area contributed by atoms with E-state index in [1.165, 1.54) is 25.7 Å². The third kappa shape index (κ3) is 5.97. The van der Waals surface area contributed by atoms with Gasteiger partial charge in [0.2, 0.25) is 17.7 Å². The Kier molecular flexibility index (Phi) is 7.87. The lowest BCUT2D eigenvalue weighted by Crippen LogP contribution is -2.53. The molecule has 2 aliphatic rings. The smallest absolute Gasteiger partial charge is 0.242 e. The predicted octanol–water partition coefficient (Wildman–Crippen LogP) is 0.727. The number of rotatable bonds is 7. The van der Waals surface area contributed by atoms with E-state index < -0.39 is 6.04 Å². The summed E-state index contributed by atoms with van der Waals surface area (Å²) in [6.07, 6.45) is 6.77. The third-order valence-electron chi connectivity index (χ3n) is 5.66. The summed E-state index contributed by atoms with van der Waals surface area (Å²) in [6, 6.07) is -0.600. The molecule has 148 valence electrons. The number of piperazine rings is 1. The van der Waals surface area contributed by atoms with E-state index in [9.17, 15) is 14.4 Å². The monoisotopic (exact) mass is 366 g/mol. The van der Waals surface area contributed by atoms with E-state index in [1.807, 2.05) is 18.7 Å². The highest BCUT2D eigenvalue weighted by Gasteiger charge is 2.26. The molecule has 3 amide bonds. The molecule has 1 heterocycles. The Hall–Kier alpha value is -1.63. The Bertz CT molecular complexity index is 495. The van der Waals surface area contributed by atoms with Gasteiger partial charge in [0, 0.05) is 32.6 Å². The highest BCUT2D eigenvalue weighted by molar-refractivity contribution is 5.87. The van der Waals surface area contributed by atoms with E-state index in [4.69, 9.17) is 5.73 Å². The van der Waals surface area contributed by atoms with Crippen LogP contribution >= 0.6 is 0 Å². The minimum absolute atomic E-state index is 0.0314. The highest BCUT2D eigenvalue weighted by Crippen LogP contribution is 2.28. The first-order valence-corrected chi connectivity index (χ1v) is 9.97. The molecule has 1 aliphatic heterocycles. The molecule has 7 heteroatoms. The molecule has 7 nitrogen and oxygen atoms in total. The molecule has 0 radical (unpaired) electrons. The van der Waals surface area contributed by atoms with Crippen molar-refractivity contribution in [1.29, 1.82) is 0 Å². The molecule has 1 atom stereocenters. The Balaban J connectivity index is 1.66. The summed E-state index contributed by atoms with van der Waals surface area (Å²) in [5.41, 5.74) is 5.77. The van der Waals surface area contributed by atoms with Crippen molar-refractivity contribution in [2.75, 3.05) is 32.7 Å². The minimum atomic E-state index is -0.600. The maximum absolute atomic E-state index is 12.3. The Labute approximate surface area is 156 Å². The lowest BCUT2D eigenvalue weighted by atomic mass is 10.0. The normalized spacial score (nSPS) is 19.7. The van der Waals surface area contributed by atoms with Crippen molar-refractivity contribution in [1.82, 2.24) is 15.1 Å². The summed E-state index contributed by atoms with van der Waals surface area (Å²) in [7, 11) is 0. The van der Waals surface area contributed by atoms with Crippen molar-refractivity contribution in [2.24, 2.45) is 17.6 Å². The number of carbonyl (C=O) groups excluding carboxylic acids is 3. The zero-order chi connectivity index (χ0) is 19.1. The van der Waals surface area contributed by atoms with Crippen LogP contribution in [0.2, 0.25) is 0 Å². The summed E-state index contributed by atoms with van der Waals surface area (Å²) in [5.74, 6) is 0.549. The quantitative estimate of drug-likeness (QED) is 0.694. The Morgan fingerprint density at radius 1 is 1.00 bits per heavy atom. The van der Waals surface area contributed by atoms with Crippen LogP contribution in [0.15, 0.2) is 0 Å². The lowest BCUT2D eigenvalue weighted by Gasteiger charge is -2.35. The number of amides is 3. The van der Waals surface area contributed by atoms with Gasteiger partial charge < -0.3 is 20.9 Å². The van der Waals surface area contributed by atoms with Crippen LogP contribution in [0.4, 0.5) is 0 Å². The zero-order valence-corrected chi connectivity index (χ0v) is 16.2. The van der Waals surface area contributed by atoms with E-state index in [0.717, 1.165) is 12.3 Å². The second-order valence-corrected chi connectivity index (χ2v) is 7.94. The van der Waals surface area contributed by atoms with Crippen LogP contribution in [0.3, 0.4) is 0 Å². The first-order chi connectivity index (χ1) is 12.4. The van der Waals surface area contributed by atoms with Crippen molar-refractivity contribution in [3.63, 3.8) is 0 Å². The highest BCUT2D eigenvalue weighted by atomic mass is 16.2. The van der Waals surface area contributed by atoms with Gasteiger partial charge in [0.15, 0.2) is 0 Å². The largest absolute Gasteiger partial charge is 0.346 e. The second-order valence-electron chi connectivity index (χ2n) is 7.94. The Morgan fingerprint density at radius 3 is 2.08 bits per heavy atom. The van der Waals surface area contributed by atoms with Crippen LogP contribution in [-0.2, 0) is 14.4 Å².